The molecular weight excluding hydrogens is 328 g/mol. The molecule has 0 heterocycles. The molecule has 0 aliphatic carbocycles. The van der Waals surface area contributed by atoms with E-state index in [9.17, 15) is 4.79 Å². The van der Waals surface area contributed by atoms with Crippen LogP contribution in [0.2, 0.25) is 0 Å². The standard InChI is InChI=1S/C17H27BrN2O/c1-11(2)14(7-8-19)5-6-16(21)20-17-13(4)9-12(3)10-15(17)18/h9-11,14H,5-8,19H2,1-4H3,(H,20,21). The summed E-state index contributed by atoms with van der Waals surface area (Å²) in [6.07, 6.45) is 2.42. The minimum Gasteiger partial charge on any atom is -0.330 e. The van der Waals surface area contributed by atoms with Crippen LogP contribution in [0.25, 0.3) is 0 Å². The Morgan fingerprint density at radius 2 is 1.95 bits per heavy atom. The first-order valence-electron chi connectivity index (χ1n) is 7.61. The van der Waals surface area contributed by atoms with Gasteiger partial charge < -0.3 is 11.1 Å². The largest absolute Gasteiger partial charge is 0.330 e. The molecule has 118 valence electrons. The van der Waals surface area contributed by atoms with Crippen LogP contribution in [-0.2, 0) is 4.79 Å². The van der Waals surface area contributed by atoms with Gasteiger partial charge in [-0.05, 0) is 78.2 Å². The maximum absolute atomic E-state index is 12.2. The Morgan fingerprint density at radius 3 is 2.48 bits per heavy atom. The average Bonchev–Trinajstić information content (AvgIpc) is 2.38. The minimum absolute atomic E-state index is 0.0744. The fraction of sp³-hybridized carbons (Fsp3) is 0.588. The van der Waals surface area contributed by atoms with Gasteiger partial charge in [-0.25, -0.2) is 0 Å². The second-order valence-corrected chi connectivity index (χ2v) is 6.96. The number of hydrogen-bond donors (Lipinski definition) is 2. The minimum atomic E-state index is 0.0744. The Labute approximate surface area is 136 Å². The van der Waals surface area contributed by atoms with Crippen LogP contribution in [-0.4, -0.2) is 12.5 Å². The van der Waals surface area contributed by atoms with Crippen LogP contribution < -0.4 is 11.1 Å². The van der Waals surface area contributed by atoms with Gasteiger partial charge in [-0.15, -0.1) is 0 Å². The fourth-order valence-corrected chi connectivity index (χ4v) is 3.39. The lowest BCUT2D eigenvalue weighted by Crippen LogP contribution is -2.19. The molecule has 0 spiro atoms. The molecule has 1 rings (SSSR count). The van der Waals surface area contributed by atoms with E-state index < -0.39 is 0 Å². The summed E-state index contributed by atoms with van der Waals surface area (Å²) in [6.45, 7) is 9.13. The maximum Gasteiger partial charge on any atom is 0.224 e. The molecule has 0 radical (unpaired) electrons. The maximum atomic E-state index is 12.2. The first-order valence-corrected chi connectivity index (χ1v) is 8.41. The van der Waals surface area contributed by atoms with E-state index in [-0.39, 0.29) is 5.91 Å². The number of aryl methyl sites for hydroxylation is 2. The SMILES string of the molecule is Cc1cc(C)c(NC(=O)CCC(CCN)C(C)C)c(Br)c1. The molecule has 0 aromatic heterocycles. The molecule has 3 nitrogen and oxygen atoms in total. The normalized spacial score (nSPS) is 12.5. The topological polar surface area (TPSA) is 55.1 Å². The lowest BCUT2D eigenvalue weighted by atomic mass is 9.88. The van der Waals surface area contributed by atoms with E-state index in [4.69, 9.17) is 5.73 Å². The van der Waals surface area contributed by atoms with Gasteiger partial charge in [-0.2, -0.15) is 0 Å². The van der Waals surface area contributed by atoms with Crippen LogP contribution in [0.1, 0.15) is 44.2 Å². The third kappa shape index (κ3) is 5.79. The van der Waals surface area contributed by atoms with E-state index in [2.05, 4.69) is 41.2 Å². The van der Waals surface area contributed by atoms with Crippen LogP contribution >= 0.6 is 15.9 Å². The monoisotopic (exact) mass is 354 g/mol. The number of nitrogens with two attached hydrogens (primary N) is 1. The summed E-state index contributed by atoms with van der Waals surface area (Å²) in [6, 6.07) is 4.10. The van der Waals surface area contributed by atoms with Gasteiger partial charge in [-0.1, -0.05) is 19.9 Å². The summed E-state index contributed by atoms with van der Waals surface area (Å²) in [4.78, 5) is 12.2. The van der Waals surface area contributed by atoms with E-state index in [1.807, 2.05) is 19.9 Å². The number of carbonyl (C=O) groups excluding carboxylic acids is 1. The lowest BCUT2D eigenvalue weighted by Gasteiger charge is -2.20. The molecule has 0 bridgehead atoms. The molecule has 0 saturated carbocycles. The molecule has 3 N–H and O–H groups in total. The summed E-state index contributed by atoms with van der Waals surface area (Å²) in [7, 11) is 0. The number of hydrogen-bond acceptors (Lipinski definition) is 2. The summed E-state index contributed by atoms with van der Waals surface area (Å²) in [5.41, 5.74) is 8.79. The molecule has 0 aliphatic heterocycles. The van der Waals surface area contributed by atoms with Gasteiger partial charge in [0, 0.05) is 10.9 Å². The zero-order valence-corrected chi connectivity index (χ0v) is 15.1. The van der Waals surface area contributed by atoms with Gasteiger partial charge >= 0.3 is 0 Å². The molecule has 0 fully saturated rings. The summed E-state index contributed by atoms with van der Waals surface area (Å²) >= 11 is 3.52. The Hall–Kier alpha value is -0.870. The molecule has 1 aromatic rings. The average molecular weight is 355 g/mol. The number of benzene rings is 1. The Morgan fingerprint density at radius 1 is 1.29 bits per heavy atom. The van der Waals surface area contributed by atoms with Crippen molar-refractivity contribution in [3.63, 3.8) is 0 Å². The quantitative estimate of drug-likeness (QED) is 0.761. The van der Waals surface area contributed by atoms with E-state index in [1.165, 1.54) is 5.56 Å². The molecular formula is C17H27BrN2O. The molecule has 1 amide bonds. The summed E-state index contributed by atoms with van der Waals surface area (Å²) in [5.74, 6) is 1.16. The van der Waals surface area contributed by atoms with Gasteiger partial charge in [0.25, 0.3) is 0 Å². The molecule has 0 saturated heterocycles. The number of amides is 1. The van der Waals surface area contributed by atoms with Crippen molar-refractivity contribution in [1.82, 2.24) is 0 Å². The second-order valence-electron chi connectivity index (χ2n) is 6.11. The highest BCUT2D eigenvalue weighted by atomic mass is 79.9. The van der Waals surface area contributed by atoms with E-state index in [0.29, 0.717) is 24.8 Å². The fourth-order valence-electron chi connectivity index (χ4n) is 2.62. The smallest absolute Gasteiger partial charge is 0.224 e. The zero-order valence-electron chi connectivity index (χ0n) is 13.5. The molecule has 1 unspecified atom stereocenters. The van der Waals surface area contributed by atoms with E-state index in [1.54, 1.807) is 0 Å². The van der Waals surface area contributed by atoms with Gasteiger partial charge in [-0.3, -0.25) is 4.79 Å². The first kappa shape index (κ1) is 18.2. The molecule has 1 aromatic carbocycles. The number of rotatable bonds is 7. The van der Waals surface area contributed by atoms with Gasteiger partial charge in [0.15, 0.2) is 0 Å². The van der Waals surface area contributed by atoms with E-state index >= 15 is 0 Å². The zero-order chi connectivity index (χ0) is 16.0. The Kier molecular flexibility index (Phi) is 7.40. The van der Waals surface area contributed by atoms with E-state index in [0.717, 1.165) is 28.6 Å². The first-order chi connectivity index (χ1) is 9.85. The van der Waals surface area contributed by atoms with Crippen LogP contribution in [0.3, 0.4) is 0 Å². The highest BCUT2D eigenvalue weighted by Crippen LogP contribution is 2.28. The van der Waals surface area contributed by atoms with Crippen molar-refractivity contribution in [3.8, 4) is 0 Å². The highest BCUT2D eigenvalue weighted by Gasteiger charge is 2.15. The van der Waals surface area contributed by atoms with Crippen LogP contribution in [0.15, 0.2) is 16.6 Å². The van der Waals surface area contributed by atoms with Crippen molar-refractivity contribution in [1.29, 1.82) is 0 Å². The number of nitrogens with one attached hydrogen (secondary N) is 1. The van der Waals surface area contributed by atoms with Crippen molar-refractivity contribution in [2.75, 3.05) is 11.9 Å². The van der Waals surface area contributed by atoms with Crippen LogP contribution in [0.4, 0.5) is 5.69 Å². The van der Waals surface area contributed by atoms with Crippen molar-refractivity contribution in [2.24, 2.45) is 17.6 Å². The van der Waals surface area contributed by atoms with Crippen molar-refractivity contribution in [3.05, 3.63) is 27.7 Å². The van der Waals surface area contributed by atoms with Crippen molar-refractivity contribution < 1.29 is 4.79 Å². The van der Waals surface area contributed by atoms with Gasteiger partial charge in [0.1, 0.15) is 0 Å². The van der Waals surface area contributed by atoms with Crippen LogP contribution in [0, 0.1) is 25.7 Å². The van der Waals surface area contributed by atoms with Gasteiger partial charge in [0.2, 0.25) is 5.91 Å². The van der Waals surface area contributed by atoms with Crippen molar-refractivity contribution in [2.45, 2.75) is 47.0 Å². The lowest BCUT2D eigenvalue weighted by molar-refractivity contribution is -0.116. The number of anilines is 1. The Balaban J connectivity index is 2.62. The third-order valence-electron chi connectivity index (χ3n) is 3.92. The Bertz CT molecular complexity index is 463. The number of carbonyl (C=O) groups is 1. The molecule has 1 atom stereocenters. The molecule has 4 heteroatoms. The summed E-state index contributed by atoms with van der Waals surface area (Å²) < 4.78 is 0.940. The molecule has 21 heavy (non-hydrogen) atoms. The summed E-state index contributed by atoms with van der Waals surface area (Å²) in [5, 5.41) is 3.03. The van der Waals surface area contributed by atoms with Gasteiger partial charge in [0.05, 0.1) is 5.69 Å². The number of halogens is 1. The predicted molar refractivity (Wildman–Crippen MR) is 93.5 cm³/mol. The third-order valence-corrected chi connectivity index (χ3v) is 4.54. The molecule has 0 aliphatic rings. The predicted octanol–water partition coefficient (Wildman–Crippen LogP) is 4.41. The van der Waals surface area contributed by atoms with Crippen LogP contribution in [0.5, 0.6) is 0 Å². The second kappa shape index (κ2) is 8.54. The highest BCUT2D eigenvalue weighted by molar-refractivity contribution is 9.10. The van der Waals surface area contributed by atoms with Crippen molar-refractivity contribution >= 4 is 27.5 Å².